The second-order valence-corrected chi connectivity index (χ2v) is 6.97. The zero-order valence-corrected chi connectivity index (χ0v) is 16.0. The topological polar surface area (TPSA) is 84.2 Å². The first-order valence-corrected chi connectivity index (χ1v) is 9.70. The fourth-order valence-electron chi connectivity index (χ4n) is 3.48. The molecular formula is C21H22N6O2. The van der Waals surface area contributed by atoms with Crippen molar-refractivity contribution in [2.24, 2.45) is 0 Å². The van der Waals surface area contributed by atoms with E-state index in [1.165, 1.54) is 15.9 Å². The van der Waals surface area contributed by atoms with Gasteiger partial charge in [-0.05, 0) is 60.0 Å². The van der Waals surface area contributed by atoms with Gasteiger partial charge in [-0.25, -0.2) is 4.68 Å². The van der Waals surface area contributed by atoms with Crippen LogP contribution in [0, 0.1) is 0 Å². The highest BCUT2D eigenvalue weighted by molar-refractivity contribution is 6.09. The first-order chi connectivity index (χ1) is 14.2. The molecule has 0 spiro atoms. The highest BCUT2D eigenvalue weighted by Gasteiger charge is 2.24. The molecule has 4 rings (SSSR count). The highest BCUT2D eigenvalue weighted by atomic mass is 16.2. The van der Waals surface area contributed by atoms with Gasteiger partial charge in [0.2, 0.25) is 5.91 Å². The molecule has 1 saturated heterocycles. The molecule has 2 amide bonds. The number of piperidine rings is 1. The Morgan fingerprint density at radius 3 is 2.48 bits per heavy atom. The summed E-state index contributed by atoms with van der Waals surface area (Å²) in [5.74, 6) is -0.269. The first kappa shape index (κ1) is 18.8. The lowest BCUT2D eigenvalue weighted by molar-refractivity contribution is -0.130. The van der Waals surface area contributed by atoms with E-state index >= 15 is 0 Å². The number of nitrogens with zero attached hydrogens (tertiary/aromatic N) is 6. The van der Waals surface area contributed by atoms with Gasteiger partial charge in [0.15, 0.2) is 0 Å². The van der Waals surface area contributed by atoms with Crippen molar-refractivity contribution in [2.75, 3.05) is 24.5 Å². The zero-order valence-electron chi connectivity index (χ0n) is 16.0. The predicted molar refractivity (Wildman–Crippen MR) is 108 cm³/mol. The third-order valence-corrected chi connectivity index (χ3v) is 5.02. The van der Waals surface area contributed by atoms with Crippen LogP contribution in [0.4, 0.5) is 5.69 Å². The molecule has 148 valence electrons. The molecule has 1 aliphatic rings. The van der Waals surface area contributed by atoms with Gasteiger partial charge in [-0.2, -0.15) is 0 Å². The molecule has 0 N–H and O–H groups in total. The number of rotatable bonds is 5. The maximum absolute atomic E-state index is 13.4. The Bertz CT molecular complexity index is 968. The van der Waals surface area contributed by atoms with E-state index in [-0.39, 0.29) is 18.4 Å². The number of tetrazole rings is 1. The van der Waals surface area contributed by atoms with Crippen LogP contribution in [0.3, 0.4) is 0 Å². The minimum absolute atomic E-state index is 0.0119. The lowest BCUT2D eigenvalue weighted by Gasteiger charge is -2.30. The summed E-state index contributed by atoms with van der Waals surface area (Å²) in [4.78, 5) is 29.6. The Balaban J connectivity index is 1.61. The van der Waals surface area contributed by atoms with Gasteiger partial charge in [0, 0.05) is 24.3 Å². The van der Waals surface area contributed by atoms with E-state index in [9.17, 15) is 9.59 Å². The zero-order chi connectivity index (χ0) is 20.1. The van der Waals surface area contributed by atoms with Crippen LogP contribution in [0.2, 0.25) is 0 Å². The van der Waals surface area contributed by atoms with Crippen molar-refractivity contribution in [3.05, 3.63) is 66.5 Å². The number of aromatic nitrogens is 4. The Labute approximate surface area is 168 Å². The molecule has 0 aliphatic carbocycles. The third-order valence-electron chi connectivity index (χ3n) is 5.02. The summed E-state index contributed by atoms with van der Waals surface area (Å²) in [6.07, 6.45) is 4.64. The lowest BCUT2D eigenvalue weighted by Crippen LogP contribution is -2.45. The lowest BCUT2D eigenvalue weighted by atomic mass is 10.1. The first-order valence-electron chi connectivity index (χ1n) is 9.70. The van der Waals surface area contributed by atoms with E-state index < -0.39 is 0 Å². The summed E-state index contributed by atoms with van der Waals surface area (Å²) in [6.45, 7) is 1.52. The number of anilines is 1. The minimum Gasteiger partial charge on any atom is -0.341 e. The monoisotopic (exact) mass is 390 g/mol. The summed E-state index contributed by atoms with van der Waals surface area (Å²) in [5, 5.41) is 11.1. The van der Waals surface area contributed by atoms with Crippen molar-refractivity contribution < 1.29 is 9.59 Å². The fraction of sp³-hybridized carbons (Fsp3) is 0.286. The number of hydrogen-bond acceptors (Lipinski definition) is 5. The molecular weight excluding hydrogens is 368 g/mol. The molecule has 0 saturated carbocycles. The largest absolute Gasteiger partial charge is 0.341 e. The summed E-state index contributed by atoms with van der Waals surface area (Å²) in [6, 6.07) is 16.3. The van der Waals surface area contributed by atoms with Gasteiger partial charge in [-0.15, -0.1) is 5.10 Å². The maximum atomic E-state index is 13.4. The van der Waals surface area contributed by atoms with Crippen LogP contribution in [0.15, 0.2) is 60.9 Å². The molecule has 8 nitrogen and oxygen atoms in total. The molecule has 1 aromatic heterocycles. The van der Waals surface area contributed by atoms with Gasteiger partial charge in [0.25, 0.3) is 5.91 Å². The van der Waals surface area contributed by atoms with Gasteiger partial charge < -0.3 is 4.90 Å². The standard InChI is InChI=1S/C21H22N6O2/c28-20(25-12-5-2-6-13-25)15-26(18-9-3-1-4-10-18)21(29)17-8-7-11-19(14-17)27-16-22-23-24-27/h1,3-4,7-11,14,16H,2,5-6,12-13,15H2. The van der Waals surface area contributed by atoms with Crippen molar-refractivity contribution in [1.29, 1.82) is 0 Å². The van der Waals surface area contributed by atoms with Crippen LogP contribution in [-0.4, -0.2) is 56.6 Å². The number of benzene rings is 2. The molecule has 8 heteroatoms. The number of para-hydroxylation sites is 1. The molecule has 2 aromatic carbocycles. The van der Waals surface area contributed by atoms with Crippen LogP contribution in [0.1, 0.15) is 29.6 Å². The number of amides is 2. The van der Waals surface area contributed by atoms with Crippen LogP contribution < -0.4 is 4.90 Å². The quantitative estimate of drug-likeness (QED) is 0.668. The summed E-state index contributed by atoms with van der Waals surface area (Å²) >= 11 is 0. The summed E-state index contributed by atoms with van der Waals surface area (Å²) < 4.78 is 1.49. The molecule has 0 bridgehead atoms. The van der Waals surface area contributed by atoms with E-state index in [1.807, 2.05) is 41.3 Å². The van der Waals surface area contributed by atoms with Crippen LogP contribution in [-0.2, 0) is 4.79 Å². The average Bonchev–Trinajstić information content (AvgIpc) is 3.33. The highest BCUT2D eigenvalue weighted by Crippen LogP contribution is 2.19. The second kappa shape index (κ2) is 8.64. The number of carbonyl (C=O) groups is 2. The maximum Gasteiger partial charge on any atom is 0.258 e. The van der Waals surface area contributed by atoms with Gasteiger partial charge in [-0.3, -0.25) is 14.5 Å². The van der Waals surface area contributed by atoms with E-state index in [0.717, 1.165) is 32.4 Å². The second-order valence-electron chi connectivity index (χ2n) is 6.97. The van der Waals surface area contributed by atoms with Crippen molar-refractivity contribution in [2.45, 2.75) is 19.3 Å². The molecule has 3 aromatic rings. The molecule has 1 aliphatic heterocycles. The molecule has 2 heterocycles. The number of carbonyl (C=O) groups excluding carboxylic acids is 2. The fourth-order valence-corrected chi connectivity index (χ4v) is 3.48. The Kier molecular flexibility index (Phi) is 5.60. The molecule has 29 heavy (non-hydrogen) atoms. The van der Waals surface area contributed by atoms with E-state index in [4.69, 9.17) is 0 Å². The molecule has 0 atom stereocenters. The van der Waals surface area contributed by atoms with E-state index in [2.05, 4.69) is 15.5 Å². The van der Waals surface area contributed by atoms with E-state index in [1.54, 1.807) is 18.2 Å². The van der Waals surface area contributed by atoms with Gasteiger partial charge in [0.1, 0.15) is 12.9 Å². The van der Waals surface area contributed by atoms with Crippen molar-refractivity contribution in [3.63, 3.8) is 0 Å². The van der Waals surface area contributed by atoms with Crippen LogP contribution in [0.5, 0.6) is 0 Å². The average molecular weight is 390 g/mol. The SMILES string of the molecule is O=C(CN(C(=O)c1cccc(-n2cnnn2)c1)c1ccccc1)N1CCCCC1. The number of likely N-dealkylation sites (tertiary alicyclic amines) is 1. The Morgan fingerprint density at radius 2 is 1.76 bits per heavy atom. The molecule has 1 fully saturated rings. The van der Waals surface area contributed by atoms with Crippen molar-refractivity contribution in [1.82, 2.24) is 25.1 Å². The smallest absolute Gasteiger partial charge is 0.258 e. The minimum atomic E-state index is -0.239. The molecule has 0 radical (unpaired) electrons. The molecule has 0 unspecified atom stereocenters. The van der Waals surface area contributed by atoms with Gasteiger partial charge in [0.05, 0.1) is 5.69 Å². The van der Waals surface area contributed by atoms with Crippen LogP contribution >= 0.6 is 0 Å². The Morgan fingerprint density at radius 1 is 0.966 bits per heavy atom. The van der Waals surface area contributed by atoms with Crippen molar-refractivity contribution >= 4 is 17.5 Å². The summed E-state index contributed by atoms with van der Waals surface area (Å²) in [5.41, 5.74) is 1.83. The normalized spacial score (nSPS) is 13.9. The summed E-state index contributed by atoms with van der Waals surface area (Å²) in [7, 11) is 0. The van der Waals surface area contributed by atoms with Gasteiger partial charge in [-0.1, -0.05) is 24.3 Å². The van der Waals surface area contributed by atoms with Gasteiger partial charge >= 0.3 is 0 Å². The Hall–Kier alpha value is -3.55. The third kappa shape index (κ3) is 4.31. The number of hydrogen-bond donors (Lipinski definition) is 0. The predicted octanol–water partition coefficient (Wildman–Crippen LogP) is 2.32. The van der Waals surface area contributed by atoms with Crippen molar-refractivity contribution in [3.8, 4) is 5.69 Å². The van der Waals surface area contributed by atoms with Crippen LogP contribution in [0.25, 0.3) is 5.69 Å². The van der Waals surface area contributed by atoms with E-state index in [0.29, 0.717) is 16.9 Å².